The molecule has 0 radical (unpaired) electrons. The number of carbonyl (C=O) groups excluding carboxylic acids is 1. The molecular weight excluding hydrogens is 533 g/mol. The second kappa shape index (κ2) is 9.35. The molecule has 1 aromatic heterocycles. The molecule has 3 heterocycles. The van der Waals surface area contributed by atoms with Gasteiger partial charge in [0, 0.05) is 6.92 Å². The van der Waals surface area contributed by atoms with Gasteiger partial charge in [-0.3, -0.25) is 4.79 Å². The number of nitrogens with two attached hydrogens (primary N) is 1. The van der Waals surface area contributed by atoms with Gasteiger partial charge in [-0.1, -0.05) is 46.8 Å². The molecule has 1 aromatic rings. The molecule has 11 nitrogen and oxygen atoms in total. The van der Waals surface area contributed by atoms with E-state index in [-0.39, 0.29) is 33.9 Å². The van der Waals surface area contributed by atoms with Crippen LogP contribution in [0.4, 0.5) is 0 Å². The molecule has 1 spiro atoms. The van der Waals surface area contributed by atoms with Gasteiger partial charge in [0.15, 0.2) is 34.2 Å². The van der Waals surface area contributed by atoms with Crippen LogP contribution in [0.1, 0.15) is 65.2 Å². The van der Waals surface area contributed by atoms with Gasteiger partial charge in [-0.05, 0) is 36.3 Å². The van der Waals surface area contributed by atoms with Crippen LogP contribution in [0.25, 0.3) is 0 Å². The fourth-order valence-electron chi connectivity index (χ4n) is 3.77. The Morgan fingerprint density at radius 2 is 1.70 bits per heavy atom. The second-order valence-corrected chi connectivity index (χ2v) is 23.9. The number of hydrogen-bond donors (Lipinski definition) is 1. The van der Waals surface area contributed by atoms with Crippen LogP contribution in [0.15, 0.2) is 17.3 Å². The zero-order chi connectivity index (χ0) is 28.4. The largest absolute Gasteiger partial charge is 0.414 e. The van der Waals surface area contributed by atoms with E-state index in [0.717, 1.165) is 5.41 Å². The quantitative estimate of drug-likeness (QED) is 0.291. The van der Waals surface area contributed by atoms with Gasteiger partial charge in [0.25, 0.3) is 10.1 Å². The molecule has 0 saturated carbocycles. The Balaban J connectivity index is 2.16. The first-order valence-corrected chi connectivity index (χ1v) is 19.7. The highest BCUT2D eigenvalue weighted by Crippen LogP contribution is 2.52. The van der Waals surface area contributed by atoms with Crippen LogP contribution in [0.5, 0.6) is 0 Å². The van der Waals surface area contributed by atoms with Crippen molar-refractivity contribution in [2.75, 3.05) is 6.61 Å². The molecule has 0 amide bonds. The summed E-state index contributed by atoms with van der Waals surface area (Å²) in [5.41, 5.74) is 4.90. The summed E-state index contributed by atoms with van der Waals surface area (Å²) < 4.78 is 52.4. The molecule has 2 aliphatic rings. The summed E-state index contributed by atoms with van der Waals surface area (Å²) in [6, 6.07) is 0. The van der Waals surface area contributed by atoms with Crippen molar-refractivity contribution >= 4 is 32.5 Å². The third-order valence-corrected chi connectivity index (χ3v) is 18.2. The Bertz CT molecular complexity index is 1180. The molecule has 4 atom stereocenters. The van der Waals surface area contributed by atoms with E-state index in [1.807, 2.05) is 13.1 Å². The number of rotatable bonds is 7. The summed E-state index contributed by atoms with van der Waals surface area (Å²) in [4.78, 5) is 11.9. The minimum Gasteiger partial charge on any atom is -0.414 e. The van der Waals surface area contributed by atoms with Crippen LogP contribution in [0, 0.1) is 0 Å². The van der Waals surface area contributed by atoms with Crippen LogP contribution in [-0.4, -0.2) is 70.2 Å². The van der Waals surface area contributed by atoms with Gasteiger partial charge in [-0.25, -0.2) is 8.86 Å². The lowest BCUT2D eigenvalue weighted by Gasteiger charge is -2.43. The molecule has 1 saturated heterocycles. The third kappa shape index (κ3) is 5.51. The van der Waals surface area contributed by atoms with Crippen molar-refractivity contribution in [3.8, 4) is 0 Å². The molecule has 3 rings (SSSR count). The Morgan fingerprint density at radius 3 is 2.14 bits per heavy atom. The van der Waals surface area contributed by atoms with E-state index in [1.54, 1.807) is 0 Å². The van der Waals surface area contributed by atoms with Crippen LogP contribution in [0.3, 0.4) is 0 Å². The average molecular weight is 575 g/mol. The van der Waals surface area contributed by atoms with E-state index < -0.39 is 50.8 Å². The molecule has 0 bridgehead atoms. The average Bonchev–Trinajstić information content (AvgIpc) is 3.35. The first-order valence-electron chi connectivity index (χ1n) is 12.4. The lowest BCUT2D eigenvalue weighted by molar-refractivity contribution is -0.0595. The Kier molecular flexibility index (Phi) is 7.61. The monoisotopic (exact) mass is 574 g/mol. The number of aromatic nitrogens is 3. The lowest BCUT2D eigenvalue weighted by atomic mass is 9.89. The molecule has 1 fully saturated rings. The number of hydrogen-bond acceptors (Lipinski definition) is 10. The van der Waals surface area contributed by atoms with Crippen molar-refractivity contribution in [2.45, 2.75) is 109 Å². The van der Waals surface area contributed by atoms with Crippen LogP contribution in [0.2, 0.25) is 36.3 Å². The molecule has 2 N–H and O–H groups in total. The van der Waals surface area contributed by atoms with E-state index in [2.05, 4.69) is 64.9 Å². The normalized spacial score (nSPS) is 28.6. The van der Waals surface area contributed by atoms with Crippen LogP contribution < -0.4 is 5.73 Å². The molecule has 0 aliphatic carbocycles. The topological polar surface area (TPSA) is 145 Å². The minimum absolute atomic E-state index is 0.0190. The Hall–Kier alpha value is -1.43. The summed E-state index contributed by atoms with van der Waals surface area (Å²) in [5.74, 6) is -0.266. The number of nitrogens with zero attached hydrogens (tertiary/aromatic N) is 3. The van der Waals surface area contributed by atoms with Gasteiger partial charge in [-0.2, -0.15) is 8.42 Å². The summed E-state index contributed by atoms with van der Waals surface area (Å²) in [5, 5.41) is 8.67. The molecule has 0 unspecified atom stereocenters. The highest BCUT2D eigenvalue weighted by molar-refractivity contribution is 7.90. The molecule has 37 heavy (non-hydrogen) atoms. The van der Waals surface area contributed by atoms with Gasteiger partial charge < -0.3 is 19.3 Å². The molecule has 210 valence electrons. The lowest BCUT2D eigenvalue weighted by Crippen LogP contribution is -2.59. The maximum Gasteiger partial charge on any atom is 0.292 e. The maximum absolute atomic E-state index is 12.8. The van der Waals surface area contributed by atoms with E-state index in [0.29, 0.717) is 0 Å². The smallest absolute Gasteiger partial charge is 0.292 e. The van der Waals surface area contributed by atoms with Crippen molar-refractivity contribution in [1.29, 1.82) is 0 Å². The molecule has 0 aromatic carbocycles. The van der Waals surface area contributed by atoms with Gasteiger partial charge in [0.2, 0.25) is 0 Å². The highest BCUT2D eigenvalue weighted by Gasteiger charge is 2.67. The highest BCUT2D eigenvalue weighted by atomic mass is 32.2. The van der Waals surface area contributed by atoms with Gasteiger partial charge >= 0.3 is 0 Å². The second-order valence-electron chi connectivity index (χ2n) is 13.0. The molecule has 2 aliphatic heterocycles. The van der Waals surface area contributed by atoms with Gasteiger partial charge in [0.1, 0.15) is 17.9 Å². The van der Waals surface area contributed by atoms with Crippen LogP contribution in [-0.2, 0) is 27.9 Å². The number of carbonyl (C=O) groups is 1. The fraction of sp³-hybridized carbons (Fsp3) is 0.783. The SMILES string of the molecule is CC(=O)c1cn([C@@H]2O[C@H](CO[Si](C)(C)C(C)(C)C)[C@@]3(OS(=O)(=O)C=C3N)[C@H]2O[Si](C)(C)C(C)(C)C)nn1. The zero-order valence-electron chi connectivity index (χ0n) is 23.8. The summed E-state index contributed by atoms with van der Waals surface area (Å²) in [7, 11) is -8.93. The predicted octanol–water partition coefficient (Wildman–Crippen LogP) is 3.69. The van der Waals surface area contributed by atoms with Crippen LogP contribution >= 0.6 is 0 Å². The fourth-order valence-corrected chi connectivity index (χ4v) is 7.27. The van der Waals surface area contributed by atoms with Crippen molar-refractivity contribution < 1.29 is 31.0 Å². The van der Waals surface area contributed by atoms with Gasteiger partial charge in [0.05, 0.1) is 23.9 Å². The van der Waals surface area contributed by atoms with Gasteiger partial charge in [-0.15, -0.1) is 5.10 Å². The standard InChI is InChI=1S/C23H42N4O7SSi2/c1-15(28)16-12-27(26-25-16)20-19(33-37(10,11)22(5,6)7)23(17(24)14-35(29,30)34-23)18(32-20)13-31-36(8,9)21(2,3)4/h12,14,18-20H,13,24H2,1-11H3/t18-,19+,20-,23-/m1/s1. The number of ketones is 1. The van der Waals surface area contributed by atoms with E-state index in [1.165, 1.54) is 17.8 Å². The van der Waals surface area contributed by atoms with Crippen molar-refractivity contribution in [1.82, 2.24) is 15.0 Å². The first-order chi connectivity index (χ1) is 16.5. The minimum atomic E-state index is -4.12. The Labute approximate surface area is 222 Å². The van der Waals surface area contributed by atoms with Crippen molar-refractivity contribution in [3.05, 3.63) is 23.0 Å². The summed E-state index contributed by atoms with van der Waals surface area (Å²) in [6.45, 7) is 22.2. The Morgan fingerprint density at radius 1 is 1.14 bits per heavy atom. The van der Waals surface area contributed by atoms with E-state index in [4.69, 9.17) is 23.5 Å². The first kappa shape index (κ1) is 30.1. The van der Waals surface area contributed by atoms with Crippen molar-refractivity contribution in [3.63, 3.8) is 0 Å². The predicted molar refractivity (Wildman–Crippen MR) is 144 cm³/mol. The van der Waals surface area contributed by atoms with E-state index in [9.17, 15) is 13.2 Å². The summed E-state index contributed by atoms with van der Waals surface area (Å²) in [6.07, 6.45) is -1.44. The number of Topliss-reactive ketones (excluding diaryl/α,β-unsaturated/α-hetero) is 1. The summed E-state index contributed by atoms with van der Waals surface area (Å²) >= 11 is 0. The maximum atomic E-state index is 12.8. The zero-order valence-corrected chi connectivity index (χ0v) is 26.6. The molecular formula is C23H42N4O7SSi2. The van der Waals surface area contributed by atoms with Crippen molar-refractivity contribution in [2.24, 2.45) is 5.73 Å². The van der Waals surface area contributed by atoms with E-state index >= 15 is 0 Å². The number of ether oxygens (including phenoxy) is 1. The third-order valence-electron chi connectivity index (χ3n) is 8.20. The molecule has 14 heteroatoms.